The molecule has 0 bridgehead atoms. The predicted octanol–water partition coefficient (Wildman–Crippen LogP) is 2.20. The largest absolute Gasteiger partial charge is 0.480 e. The third kappa shape index (κ3) is 5.83. The minimum absolute atomic E-state index is 0.620. The molecule has 0 rings (SSSR count). The third-order valence-corrected chi connectivity index (χ3v) is 3.72. The Morgan fingerprint density at radius 1 is 1.39 bits per heavy atom. The molecule has 0 spiro atoms. The molecular formula is C14H30N2O2. The Bertz CT molecular complexity index is 238. The molecule has 4 heteroatoms. The molecule has 0 heterocycles. The van der Waals surface area contributed by atoms with Crippen molar-refractivity contribution in [3.8, 4) is 0 Å². The Labute approximate surface area is 112 Å². The fourth-order valence-electron chi connectivity index (χ4n) is 2.08. The standard InChI is InChI=1S/C14H30N2O2/c1-6-14(15-4,13(17)18)9-7-10-16(5)11-8-12(2)3/h12,15H,6-11H2,1-5H3,(H,17,18). The molecule has 1 unspecified atom stereocenters. The van der Waals surface area contributed by atoms with E-state index < -0.39 is 11.5 Å². The van der Waals surface area contributed by atoms with E-state index in [1.807, 2.05) is 6.92 Å². The van der Waals surface area contributed by atoms with Crippen LogP contribution < -0.4 is 5.32 Å². The number of nitrogens with one attached hydrogen (secondary N) is 1. The number of hydrogen-bond acceptors (Lipinski definition) is 3. The maximum absolute atomic E-state index is 11.3. The van der Waals surface area contributed by atoms with Crippen LogP contribution in [0.25, 0.3) is 0 Å². The van der Waals surface area contributed by atoms with Crippen LogP contribution in [0.4, 0.5) is 0 Å². The van der Waals surface area contributed by atoms with E-state index in [1.165, 1.54) is 6.42 Å². The van der Waals surface area contributed by atoms with Gasteiger partial charge in [-0.1, -0.05) is 20.8 Å². The van der Waals surface area contributed by atoms with Crippen molar-refractivity contribution in [3.63, 3.8) is 0 Å². The molecule has 0 aromatic heterocycles. The number of aliphatic carboxylic acids is 1. The van der Waals surface area contributed by atoms with Gasteiger partial charge in [-0.3, -0.25) is 4.79 Å². The number of carboxylic acid groups (broad SMARTS) is 1. The molecule has 0 aliphatic heterocycles. The summed E-state index contributed by atoms with van der Waals surface area (Å²) in [5.74, 6) is -0.0177. The molecule has 0 saturated heterocycles. The number of nitrogens with zero attached hydrogens (tertiary/aromatic N) is 1. The summed E-state index contributed by atoms with van der Waals surface area (Å²) in [7, 11) is 3.84. The summed E-state index contributed by atoms with van der Waals surface area (Å²) in [5, 5.41) is 12.3. The lowest BCUT2D eigenvalue weighted by Gasteiger charge is -2.28. The second kappa shape index (κ2) is 8.48. The van der Waals surface area contributed by atoms with Gasteiger partial charge < -0.3 is 15.3 Å². The van der Waals surface area contributed by atoms with Gasteiger partial charge in [0.15, 0.2) is 0 Å². The number of carbonyl (C=O) groups is 1. The predicted molar refractivity (Wildman–Crippen MR) is 75.9 cm³/mol. The van der Waals surface area contributed by atoms with Gasteiger partial charge in [0.2, 0.25) is 0 Å². The monoisotopic (exact) mass is 258 g/mol. The summed E-state index contributed by atoms with van der Waals surface area (Å²) in [4.78, 5) is 13.6. The van der Waals surface area contributed by atoms with E-state index in [-0.39, 0.29) is 0 Å². The van der Waals surface area contributed by atoms with Crippen LogP contribution in [-0.4, -0.2) is 48.7 Å². The summed E-state index contributed by atoms with van der Waals surface area (Å²) in [6.07, 6.45) is 3.41. The maximum atomic E-state index is 11.3. The SMILES string of the molecule is CCC(CCCN(C)CCC(C)C)(NC)C(=O)O. The summed E-state index contributed by atoms with van der Waals surface area (Å²) in [5.41, 5.74) is -0.751. The van der Waals surface area contributed by atoms with Crippen LogP contribution in [-0.2, 0) is 4.79 Å². The minimum atomic E-state index is -0.751. The molecule has 18 heavy (non-hydrogen) atoms. The highest BCUT2D eigenvalue weighted by atomic mass is 16.4. The highest BCUT2D eigenvalue weighted by molar-refractivity contribution is 5.78. The molecular weight excluding hydrogens is 228 g/mol. The van der Waals surface area contributed by atoms with Gasteiger partial charge in [-0.2, -0.15) is 0 Å². The van der Waals surface area contributed by atoms with Gasteiger partial charge in [-0.05, 0) is 58.8 Å². The molecule has 0 saturated carbocycles. The van der Waals surface area contributed by atoms with E-state index in [2.05, 4.69) is 31.1 Å². The van der Waals surface area contributed by atoms with Gasteiger partial charge in [0, 0.05) is 0 Å². The molecule has 0 aromatic carbocycles. The Kier molecular flexibility index (Phi) is 8.20. The van der Waals surface area contributed by atoms with Crippen LogP contribution in [0, 0.1) is 5.92 Å². The van der Waals surface area contributed by atoms with Gasteiger partial charge in [-0.15, -0.1) is 0 Å². The Balaban J connectivity index is 4.03. The zero-order valence-electron chi connectivity index (χ0n) is 12.6. The first-order chi connectivity index (χ1) is 8.38. The maximum Gasteiger partial charge on any atom is 0.323 e. The summed E-state index contributed by atoms with van der Waals surface area (Å²) < 4.78 is 0. The molecule has 0 aliphatic carbocycles. The van der Waals surface area contributed by atoms with Crippen LogP contribution >= 0.6 is 0 Å². The number of rotatable bonds is 10. The van der Waals surface area contributed by atoms with Crippen molar-refractivity contribution >= 4 is 5.97 Å². The van der Waals surface area contributed by atoms with E-state index in [9.17, 15) is 9.90 Å². The van der Waals surface area contributed by atoms with Gasteiger partial charge in [0.1, 0.15) is 5.54 Å². The van der Waals surface area contributed by atoms with Crippen LogP contribution in [0.2, 0.25) is 0 Å². The van der Waals surface area contributed by atoms with Crippen molar-refractivity contribution in [1.29, 1.82) is 0 Å². The summed E-state index contributed by atoms with van der Waals surface area (Å²) >= 11 is 0. The lowest BCUT2D eigenvalue weighted by molar-refractivity contribution is -0.145. The second-order valence-electron chi connectivity index (χ2n) is 5.58. The minimum Gasteiger partial charge on any atom is -0.480 e. The molecule has 0 aromatic rings. The lowest BCUT2D eigenvalue weighted by Crippen LogP contribution is -2.50. The Morgan fingerprint density at radius 3 is 2.39 bits per heavy atom. The van der Waals surface area contributed by atoms with Crippen LogP contribution in [0.1, 0.15) is 46.5 Å². The van der Waals surface area contributed by atoms with Crippen LogP contribution in [0.3, 0.4) is 0 Å². The van der Waals surface area contributed by atoms with E-state index >= 15 is 0 Å². The first-order valence-corrected chi connectivity index (χ1v) is 6.98. The third-order valence-electron chi connectivity index (χ3n) is 3.72. The van der Waals surface area contributed by atoms with E-state index in [0.29, 0.717) is 12.8 Å². The van der Waals surface area contributed by atoms with Crippen molar-refractivity contribution in [2.75, 3.05) is 27.2 Å². The molecule has 0 aliphatic rings. The average Bonchev–Trinajstić information content (AvgIpc) is 2.32. The van der Waals surface area contributed by atoms with Crippen LogP contribution in [0.5, 0.6) is 0 Å². The highest BCUT2D eigenvalue weighted by Crippen LogP contribution is 2.17. The zero-order valence-corrected chi connectivity index (χ0v) is 12.6. The van der Waals surface area contributed by atoms with E-state index in [4.69, 9.17) is 0 Å². The first-order valence-electron chi connectivity index (χ1n) is 6.98. The van der Waals surface area contributed by atoms with Crippen molar-refractivity contribution in [2.45, 2.75) is 52.0 Å². The van der Waals surface area contributed by atoms with Crippen LogP contribution in [0.15, 0.2) is 0 Å². The molecule has 108 valence electrons. The van der Waals surface area contributed by atoms with Gasteiger partial charge in [-0.25, -0.2) is 0 Å². The van der Waals surface area contributed by atoms with Crippen molar-refractivity contribution in [3.05, 3.63) is 0 Å². The molecule has 0 radical (unpaired) electrons. The lowest BCUT2D eigenvalue weighted by atomic mass is 9.90. The smallest absolute Gasteiger partial charge is 0.323 e. The highest BCUT2D eigenvalue weighted by Gasteiger charge is 2.34. The molecule has 0 amide bonds. The van der Waals surface area contributed by atoms with E-state index in [1.54, 1.807) is 7.05 Å². The van der Waals surface area contributed by atoms with Gasteiger partial charge in [0.05, 0.1) is 0 Å². The fraction of sp³-hybridized carbons (Fsp3) is 0.929. The summed E-state index contributed by atoms with van der Waals surface area (Å²) in [6, 6.07) is 0. The fourth-order valence-corrected chi connectivity index (χ4v) is 2.08. The number of likely N-dealkylation sites (N-methyl/N-ethyl adjacent to an activating group) is 1. The topological polar surface area (TPSA) is 52.6 Å². The van der Waals surface area contributed by atoms with Crippen molar-refractivity contribution < 1.29 is 9.90 Å². The van der Waals surface area contributed by atoms with Crippen molar-refractivity contribution in [2.24, 2.45) is 5.92 Å². The van der Waals surface area contributed by atoms with Gasteiger partial charge >= 0.3 is 5.97 Å². The molecule has 4 nitrogen and oxygen atoms in total. The molecule has 1 atom stereocenters. The number of carboxylic acids is 1. The van der Waals surface area contributed by atoms with E-state index in [0.717, 1.165) is 25.4 Å². The van der Waals surface area contributed by atoms with Crippen molar-refractivity contribution in [1.82, 2.24) is 10.2 Å². The molecule has 2 N–H and O–H groups in total. The molecule has 0 fully saturated rings. The zero-order chi connectivity index (χ0) is 14.2. The number of hydrogen-bond donors (Lipinski definition) is 2. The second-order valence-corrected chi connectivity index (χ2v) is 5.58. The average molecular weight is 258 g/mol. The summed E-state index contributed by atoms with van der Waals surface area (Å²) in [6.45, 7) is 8.42. The normalized spacial score (nSPS) is 15.1. The Hall–Kier alpha value is -0.610. The van der Waals surface area contributed by atoms with Gasteiger partial charge in [0.25, 0.3) is 0 Å². The quantitative estimate of drug-likeness (QED) is 0.631. The first kappa shape index (κ1) is 17.4. The Morgan fingerprint density at radius 2 is 2.00 bits per heavy atom.